The molecule has 0 bridgehead atoms. The van der Waals surface area contributed by atoms with Crippen LogP contribution in [0.25, 0.3) is 0 Å². The highest BCUT2D eigenvalue weighted by Crippen LogP contribution is 2.61. The first-order valence-electron chi connectivity index (χ1n) is 9.04. The molecule has 4 aliphatic rings. The van der Waals surface area contributed by atoms with Gasteiger partial charge in [-0.05, 0) is 67.7 Å². The summed E-state index contributed by atoms with van der Waals surface area (Å²) in [6.45, 7) is 3.57. The van der Waals surface area contributed by atoms with E-state index in [4.69, 9.17) is 4.74 Å². The molecule has 24 heavy (non-hydrogen) atoms. The Morgan fingerprint density at radius 3 is 2.71 bits per heavy atom. The van der Waals surface area contributed by atoms with Gasteiger partial charge in [-0.25, -0.2) is 0 Å². The summed E-state index contributed by atoms with van der Waals surface area (Å²) in [5, 5.41) is 0. The minimum atomic E-state index is -0.768. The van der Waals surface area contributed by atoms with E-state index in [0.717, 1.165) is 37.7 Å². The summed E-state index contributed by atoms with van der Waals surface area (Å²) in [6.07, 6.45) is 10.1. The van der Waals surface area contributed by atoms with Gasteiger partial charge in [-0.2, -0.15) is 0 Å². The van der Waals surface area contributed by atoms with Crippen molar-refractivity contribution >= 4 is 17.5 Å². The van der Waals surface area contributed by atoms with Gasteiger partial charge in [-0.3, -0.25) is 14.4 Å². The number of Topliss-reactive ketones (excluding diaryl/α,β-unsaturated/α-hetero) is 1. The normalized spacial score (nSPS) is 43.6. The van der Waals surface area contributed by atoms with Crippen LogP contribution in [0, 0.1) is 23.2 Å². The van der Waals surface area contributed by atoms with Crippen molar-refractivity contribution in [3.05, 3.63) is 23.8 Å². The van der Waals surface area contributed by atoms with E-state index in [-0.39, 0.29) is 23.1 Å². The highest BCUT2D eigenvalue weighted by Gasteiger charge is 2.60. The molecule has 0 spiro atoms. The lowest BCUT2D eigenvalue weighted by Gasteiger charge is -2.55. The number of ether oxygens (including phenoxy) is 1. The van der Waals surface area contributed by atoms with Crippen molar-refractivity contribution in [3.8, 4) is 0 Å². The van der Waals surface area contributed by atoms with E-state index in [0.29, 0.717) is 24.0 Å². The molecular weight excluding hydrogens is 304 g/mol. The van der Waals surface area contributed by atoms with Crippen LogP contribution in [-0.4, -0.2) is 23.1 Å². The van der Waals surface area contributed by atoms with Gasteiger partial charge in [0.1, 0.15) is 5.78 Å². The van der Waals surface area contributed by atoms with Gasteiger partial charge in [0.25, 0.3) is 0 Å². The third kappa shape index (κ3) is 2.01. The minimum Gasteiger partial charge on any atom is -0.450 e. The maximum absolute atomic E-state index is 12.4. The predicted molar refractivity (Wildman–Crippen MR) is 88.0 cm³/mol. The van der Waals surface area contributed by atoms with Crippen LogP contribution < -0.4 is 0 Å². The molecule has 0 radical (unpaired) electrons. The molecule has 0 saturated heterocycles. The first-order chi connectivity index (χ1) is 11.4. The zero-order valence-electron chi connectivity index (χ0n) is 14.3. The zero-order valence-corrected chi connectivity index (χ0v) is 14.3. The molecule has 4 nitrogen and oxygen atoms in total. The lowest BCUT2D eigenvalue weighted by Crippen LogP contribution is -2.55. The second-order valence-electron chi connectivity index (χ2n) is 8.13. The summed E-state index contributed by atoms with van der Waals surface area (Å²) in [4.78, 5) is 36.1. The van der Waals surface area contributed by atoms with Crippen molar-refractivity contribution < 1.29 is 19.1 Å². The van der Waals surface area contributed by atoms with Crippen molar-refractivity contribution in [2.24, 2.45) is 23.2 Å². The maximum atomic E-state index is 12.4. The summed E-state index contributed by atoms with van der Waals surface area (Å²) in [5.74, 6) is 1.01. The largest absolute Gasteiger partial charge is 0.450 e. The Labute approximate surface area is 142 Å². The molecule has 0 amide bonds. The van der Waals surface area contributed by atoms with Crippen LogP contribution in [0.5, 0.6) is 0 Å². The molecule has 128 valence electrons. The SMILES string of the molecule is CC(=O)OC12C=CC(=O)C=C1CCC1C3CCC(=O)C3(C)CCC12. The Morgan fingerprint density at radius 1 is 1.17 bits per heavy atom. The average molecular weight is 328 g/mol. The van der Waals surface area contributed by atoms with Gasteiger partial charge in [-0.15, -0.1) is 0 Å². The quantitative estimate of drug-likeness (QED) is 0.694. The van der Waals surface area contributed by atoms with Crippen molar-refractivity contribution in [3.63, 3.8) is 0 Å². The van der Waals surface area contributed by atoms with E-state index in [1.165, 1.54) is 6.92 Å². The van der Waals surface area contributed by atoms with Crippen LogP contribution in [0.2, 0.25) is 0 Å². The van der Waals surface area contributed by atoms with Gasteiger partial charge in [0, 0.05) is 24.7 Å². The van der Waals surface area contributed by atoms with E-state index in [1.54, 1.807) is 12.2 Å². The number of esters is 1. The molecule has 0 aromatic rings. The fourth-order valence-corrected chi connectivity index (χ4v) is 6.00. The highest BCUT2D eigenvalue weighted by molar-refractivity contribution is 6.01. The number of allylic oxidation sites excluding steroid dienone is 2. The highest BCUT2D eigenvalue weighted by atomic mass is 16.6. The van der Waals surface area contributed by atoms with Gasteiger partial charge < -0.3 is 4.74 Å². The maximum Gasteiger partial charge on any atom is 0.303 e. The number of ketones is 2. The first-order valence-corrected chi connectivity index (χ1v) is 9.04. The average Bonchev–Trinajstić information content (AvgIpc) is 2.83. The molecule has 4 aliphatic carbocycles. The third-order valence-corrected chi connectivity index (χ3v) is 7.07. The summed E-state index contributed by atoms with van der Waals surface area (Å²) in [5.41, 5.74) is -0.0248. The Morgan fingerprint density at radius 2 is 1.96 bits per heavy atom. The summed E-state index contributed by atoms with van der Waals surface area (Å²) >= 11 is 0. The molecule has 0 aliphatic heterocycles. The zero-order chi connectivity index (χ0) is 17.1. The van der Waals surface area contributed by atoms with Gasteiger partial charge in [-0.1, -0.05) is 6.92 Å². The van der Waals surface area contributed by atoms with Crippen LogP contribution in [0.1, 0.15) is 52.4 Å². The molecule has 0 heterocycles. The lowest BCUT2D eigenvalue weighted by atomic mass is 9.51. The standard InChI is InChI=1S/C20H24O4/c1-12(21)24-20-10-7-14(22)11-13(20)3-4-15-16-5-6-18(23)19(16,2)9-8-17(15)20/h7,10-11,15-17H,3-6,8-9H2,1-2H3. The lowest BCUT2D eigenvalue weighted by molar-refractivity contribution is -0.164. The molecule has 3 fully saturated rings. The van der Waals surface area contributed by atoms with Crippen LogP contribution >= 0.6 is 0 Å². The topological polar surface area (TPSA) is 60.4 Å². The van der Waals surface area contributed by atoms with Gasteiger partial charge in [0.2, 0.25) is 0 Å². The molecule has 4 rings (SSSR count). The number of carbonyl (C=O) groups is 3. The molecule has 5 atom stereocenters. The number of hydrogen-bond donors (Lipinski definition) is 0. The monoisotopic (exact) mass is 328 g/mol. The van der Waals surface area contributed by atoms with Crippen molar-refractivity contribution in [1.29, 1.82) is 0 Å². The van der Waals surface area contributed by atoms with Crippen molar-refractivity contribution in [2.75, 3.05) is 0 Å². The molecule has 5 unspecified atom stereocenters. The second-order valence-corrected chi connectivity index (χ2v) is 8.13. The molecule has 0 aromatic heterocycles. The fourth-order valence-electron chi connectivity index (χ4n) is 6.00. The number of carbonyl (C=O) groups excluding carboxylic acids is 3. The van der Waals surface area contributed by atoms with E-state index in [9.17, 15) is 14.4 Å². The molecule has 3 saturated carbocycles. The smallest absolute Gasteiger partial charge is 0.303 e. The second kappa shape index (κ2) is 5.14. The van der Waals surface area contributed by atoms with Gasteiger partial charge >= 0.3 is 5.97 Å². The van der Waals surface area contributed by atoms with Crippen molar-refractivity contribution in [1.82, 2.24) is 0 Å². The molecular formula is C20H24O4. The van der Waals surface area contributed by atoms with Crippen LogP contribution in [0.4, 0.5) is 0 Å². The summed E-state index contributed by atoms with van der Waals surface area (Å²) < 4.78 is 5.88. The molecule has 0 N–H and O–H groups in total. The Kier molecular flexibility index (Phi) is 3.38. The molecule has 0 aromatic carbocycles. The van der Waals surface area contributed by atoms with E-state index in [1.807, 2.05) is 6.08 Å². The summed E-state index contributed by atoms with van der Waals surface area (Å²) in [7, 11) is 0. The number of rotatable bonds is 1. The third-order valence-electron chi connectivity index (χ3n) is 7.07. The van der Waals surface area contributed by atoms with Crippen molar-refractivity contribution in [2.45, 2.75) is 58.0 Å². The Hall–Kier alpha value is -1.71. The van der Waals surface area contributed by atoms with E-state index < -0.39 is 5.60 Å². The summed E-state index contributed by atoms with van der Waals surface area (Å²) in [6, 6.07) is 0. The van der Waals surface area contributed by atoms with Crippen LogP contribution in [0.15, 0.2) is 23.8 Å². The van der Waals surface area contributed by atoms with E-state index in [2.05, 4.69) is 6.92 Å². The fraction of sp³-hybridized carbons (Fsp3) is 0.650. The minimum absolute atomic E-state index is 0.0251. The van der Waals surface area contributed by atoms with Gasteiger partial charge in [0.15, 0.2) is 11.4 Å². The first kappa shape index (κ1) is 15.8. The number of fused-ring (bicyclic) bond motifs is 5. The molecule has 4 heteroatoms. The predicted octanol–water partition coefficient (Wildman–Crippen LogP) is 3.16. The van der Waals surface area contributed by atoms with E-state index >= 15 is 0 Å². The number of hydrogen-bond acceptors (Lipinski definition) is 4. The van der Waals surface area contributed by atoms with Gasteiger partial charge in [0.05, 0.1) is 0 Å². The Balaban J connectivity index is 1.76. The van der Waals surface area contributed by atoms with Crippen LogP contribution in [0.3, 0.4) is 0 Å². The Bertz CT molecular complexity index is 688. The van der Waals surface area contributed by atoms with Crippen LogP contribution in [-0.2, 0) is 19.1 Å².